The van der Waals surface area contributed by atoms with Gasteiger partial charge in [0.2, 0.25) is 0 Å². The van der Waals surface area contributed by atoms with Crippen molar-refractivity contribution in [2.45, 2.75) is 31.7 Å². The third kappa shape index (κ3) is 1.31. The van der Waals surface area contributed by atoms with E-state index in [4.69, 9.17) is 0 Å². The minimum atomic E-state index is 0.720. The molecular weight excluding hydrogens is 174 g/mol. The maximum absolute atomic E-state index is 4.17. The summed E-state index contributed by atoms with van der Waals surface area (Å²) in [7, 11) is 1.96. The van der Waals surface area contributed by atoms with Gasteiger partial charge < -0.3 is 5.32 Å². The fourth-order valence-electron chi connectivity index (χ4n) is 3.13. The molecule has 0 aromatic carbocycles. The molecule has 76 valence electrons. The zero-order valence-corrected chi connectivity index (χ0v) is 8.61. The number of nitrogens with one attached hydrogen (secondary N) is 1. The van der Waals surface area contributed by atoms with Gasteiger partial charge >= 0.3 is 0 Å². The lowest BCUT2D eigenvalue weighted by Gasteiger charge is -2.22. The minimum Gasteiger partial charge on any atom is -0.379 e. The highest BCUT2D eigenvalue weighted by atomic mass is 15.3. The molecule has 2 aliphatic rings. The van der Waals surface area contributed by atoms with Crippen molar-refractivity contribution < 1.29 is 0 Å². The first-order valence-electron chi connectivity index (χ1n) is 5.56. The molecule has 0 aliphatic heterocycles. The predicted molar refractivity (Wildman–Crippen MR) is 56.1 cm³/mol. The molecule has 3 unspecified atom stereocenters. The third-order valence-electron chi connectivity index (χ3n) is 3.80. The number of hydrogen-bond acceptors (Lipinski definition) is 2. The van der Waals surface area contributed by atoms with E-state index in [0.717, 1.165) is 17.9 Å². The van der Waals surface area contributed by atoms with Crippen LogP contribution in [0.3, 0.4) is 0 Å². The second-order valence-corrected chi connectivity index (χ2v) is 4.83. The molecule has 3 nitrogen and oxygen atoms in total. The van der Waals surface area contributed by atoms with Crippen molar-refractivity contribution in [3.8, 4) is 0 Å². The largest absolute Gasteiger partial charge is 0.379 e. The number of aromatic nitrogens is 2. The summed E-state index contributed by atoms with van der Waals surface area (Å²) in [6.07, 6.45) is 9.72. The first-order valence-corrected chi connectivity index (χ1v) is 5.56. The van der Waals surface area contributed by atoms with Crippen molar-refractivity contribution in [3.63, 3.8) is 0 Å². The van der Waals surface area contributed by atoms with E-state index < -0.39 is 0 Å². The maximum atomic E-state index is 4.17. The second-order valence-electron chi connectivity index (χ2n) is 4.83. The van der Waals surface area contributed by atoms with Gasteiger partial charge in [-0.1, -0.05) is 6.42 Å². The average Bonchev–Trinajstić information content (AvgIpc) is 2.82. The van der Waals surface area contributed by atoms with Crippen LogP contribution in [-0.4, -0.2) is 15.8 Å². The zero-order chi connectivity index (χ0) is 9.54. The van der Waals surface area contributed by atoms with Gasteiger partial charge in [-0.3, -0.25) is 4.68 Å². The smallest absolute Gasteiger partial charge is 0.0728 e. The first kappa shape index (κ1) is 8.33. The van der Waals surface area contributed by atoms with E-state index >= 15 is 0 Å². The quantitative estimate of drug-likeness (QED) is 0.775. The van der Waals surface area contributed by atoms with Gasteiger partial charge in [-0.25, -0.2) is 0 Å². The van der Waals surface area contributed by atoms with Gasteiger partial charge in [-0.05, 0) is 31.1 Å². The Bertz CT molecular complexity index is 331. The molecule has 0 radical (unpaired) electrons. The van der Waals surface area contributed by atoms with Gasteiger partial charge in [0.05, 0.1) is 11.9 Å². The SMILES string of the molecule is Cn1cc(NC2CC3CCC2C3)cn1. The Hall–Kier alpha value is -0.990. The molecule has 2 bridgehead atoms. The van der Waals surface area contributed by atoms with Crippen molar-refractivity contribution in [1.82, 2.24) is 9.78 Å². The van der Waals surface area contributed by atoms with Crippen LogP contribution < -0.4 is 5.32 Å². The Kier molecular flexibility index (Phi) is 1.79. The fraction of sp³-hybridized carbons (Fsp3) is 0.727. The molecule has 1 aromatic rings. The van der Waals surface area contributed by atoms with E-state index in [9.17, 15) is 0 Å². The van der Waals surface area contributed by atoms with E-state index in [2.05, 4.69) is 16.6 Å². The Morgan fingerprint density at radius 2 is 2.36 bits per heavy atom. The van der Waals surface area contributed by atoms with Gasteiger partial charge in [0.15, 0.2) is 0 Å². The molecule has 14 heavy (non-hydrogen) atoms. The predicted octanol–water partition coefficient (Wildman–Crippen LogP) is 2.02. The van der Waals surface area contributed by atoms with E-state index in [-0.39, 0.29) is 0 Å². The molecule has 3 rings (SSSR count). The highest BCUT2D eigenvalue weighted by Crippen LogP contribution is 2.45. The summed E-state index contributed by atoms with van der Waals surface area (Å²) in [6, 6.07) is 0.720. The highest BCUT2D eigenvalue weighted by Gasteiger charge is 2.39. The number of rotatable bonds is 2. The first-order chi connectivity index (χ1) is 6.81. The van der Waals surface area contributed by atoms with Gasteiger partial charge in [0.1, 0.15) is 0 Å². The lowest BCUT2D eigenvalue weighted by atomic mass is 9.95. The van der Waals surface area contributed by atoms with E-state index in [1.165, 1.54) is 31.4 Å². The van der Waals surface area contributed by atoms with Crippen molar-refractivity contribution in [2.75, 3.05) is 5.32 Å². The van der Waals surface area contributed by atoms with Crippen molar-refractivity contribution in [3.05, 3.63) is 12.4 Å². The Labute approximate surface area is 84.5 Å². The van der Waals surface area contributed by atoms with Gasteiger partial charge in [-0.15, -0.1) is 0 Å². The molecule has 1 heterocycles. The van der Waals surface area contributed by atoms with Crippen LogP contribution in [0.15, 0.2) is 12.4 Å². The van der Waals surface area contributed by atoms with Crippen molar-refractivity contribution in [2.24, 2.45) is 18.9 Å². The summed E-state index contributed by atoms with van der Waals surface area (Å²) in [5.74, 6) is 1.94. The number of nitrogens with zero attached hydrogens (tertiary/aromatic N) is 2. The van der Waals surface area contributed by atoms with Crippen LogP contribution in [0.1, 0.15) is 25.7 Å². The molecule has 0 saturated heterocycles. The number of anilines is 1. The Morgan fingerprint density at radius 1 is 1.43 bits per heavy atom. The molecule has 1 aromatic heterocycles. The molecule has 2 saturated carbocycles. The molecular formula is C11H17N3. The van der Waals surface area contributed by atoms with Crippen molar-refractivity contribution >= 4 is 5.69 Å². The fourth-order valence-corrected chi connectivity index (χ4v) is 3.13. The summed E-state index contributed by atoms with van der Waals surface area (Å²) in [5.41, 5.74) is 1.19. The molecule has 3 atom stereocenters. The standard InChI is InChI=1S/C11H17N3/c1-14-7-10(6-12-14)13-11-5-8-2-3-9(11)4-8/h6-9,11,13H,2-5H2,1H3. The van der Waals surface area contributed by atoms with Crippen LogP contribution in [-0.2, 0) is 7.05 Å². The minimum absolute atomic E-state index is 0.720. The number of fused-ring (bicyclic) bond motifs is 2. The summed E-state index contributed by atoms with van der Waals surface area (Å²) >= 11 is 0. The van der Waals surface area contributed by atoms with Gasteiger partial charge in [-0.2, -0.15) is 5.10 Å². The second kappa shape index (κ2) is 3.01. The third-order valence-corrected chi connectivity index (χ3v) is 3.80. The summed E-state index contributed by atoms with van der Waals surface area (Å²) in [6.45, 7) is 0. The maximum Gasteiger partial charge on any atom is 0.0728 e. The van der Waals surface area contributed by atoms with Crippen LogP contribution >= 0.6 is 0 Å². The number of hydrogen-bond donors (Lipinski definition) is 1. The Morgan fingerprint density at radius 3 is 2.93 bits per heavy atom. The van der Waals surface area contributed by atoms with Crippen LogP contribution in [0.2, 0.25) is 0 Å². The molecule has 1 N–H and O–H groups in total. The van der Waals surface area contributed by atoms with E-state index in [0.29, 0.717) is 0 Å². The van der Waals surface area contributed by atoms with Crippen LogP contribution in [0.4, 0.5) is 5.69 Å². The summed E-state index contributed by atoms with van der Waals surface area (Å²) in [4.78, 5) is 0. The summed E-state index contributed by atoms with van der Waals surface area (Å²) < 4.78 is 1.86. The van der Waals surface area contributed by atoms with Crippen LogP contribution in [0.25, 0.3) is 0 Å². The van der Waals surface area contributed by atoms with Crippen LogP contribution in [0.5, 0.6) is 0 Å². The topological polar surface area (TPSA) is 29.9 Å². The normalized spacial score (nSPS) is 35.1. The van der Waals surface area contributed by atoms with E-state index in [1.807, 2.05) is 17.9 Å². The molecule has 0 amide bonds. The molecule has 2 fully saturated rings. The lowest BCUT2D eigenvalue weighted by Crippen LogP contribution is -2.25. The molecule has 3 heteroatoms. The van der Waals surface area contributed by atoms with Crippen LogP contribution in [0, 0.1) is 11.8 Å². The van der Waals surface area contributed by atoms with Crippen molar-refractivity contribution in [1.29, 1.82) is 0 Å². The average molecular weight is 191 g/mol. The number of aryl methyl sites for hydroxylation is 1. The van der Waals surface area contributed by atoms with Gasteiger partial charge in [0.25, 0.3) is 0 Å². The molecule has 0 spiro atoms. The highest BCUT2D eigenvalue weighted by molar-refractivity contribution is 5.40. The monoisotopic (exact) mass is 191 g/mol. The molecule has 2 aliphatic carbocycles. The van der Waals surface area contributed by atoms with E-state index in [1.54, 1.807) is 0 Å². The lowest BCUT2D eigenvalue weighted by molar-refractivity contribution is 0.440. The summed E-state index contributed by atoms with van der Waals surface area (Å²) in [5, 5.41) is 7.78. The zero-order valence-electron chi connectivity index (χ0n) is 8.61. The Balaban J connectivity index is 1.68. The van der Waals surface area contributed by atoms with Gasteiger partial charge in [0, 0.05) is 19.3 Å².